The second kappa shape index (κ2) is 9.82. The first-order valence-electron chi connectivity index (χ1n) is 8.67. The van der Waals surface area contributed by atoms with E-state index in [0.717, 1.165) is 30.5 Å². The van der Waals surface area contributed by atoms with Crippen LogP contribution >= 0.6 is 0 Å². The van der Waals surface area contributed by atoms with Crippen LogP contribution in [0.1, 0.15) is 25.8 Å². The quantitative estimate of drug-likeness (QED) is 0.354. The van der Waals surface area contributed by atoms with Crippen molar-refractivity contribution in [2.24, 2.45) is 5.10 Å². The highest BCUT2D eigenvalue weighted by Gasteiger charge is 2.22. The lowest BCUT2D eigenvalue weighted by atomic mass is 10.2. The molecule has 0 aliphatic carbocycles. The van der Waals surface area contributed by atoms with E-state index in [0.29, 0.717) is 6.42 Å². The first-order valence-corrected chi connectivity index (χ1v) is 10.1. The topological polar surface area (TPSA) is 120 Å². The van der Waals surface area contributed by atoms with Crippen LogP contribution in [0.4, 0.5) is 10.1 Å². The number of hydrogen-bond donors (Lipinski definition) is 1. The molecule has 0 aromatic heterocycles. The van der Waals surface area contributed by atoms with Gasteiger partial charge in [0.25, 0.3) is 10.0 Å². The minimum absolute atomic E-state index is 0.00254. The SMILES string of the molecule is CCCOc1c(OCC)cc(/C=N/NS(=O)(=O)c2ccc(F)cc2)cc1[N+](=O)[O-]. The lowest BCUT2D eigenvalue weighted by Crippen LogP contribution is -2.18. The molecule has 1 N–H and O–H groups in total. The van der Waals surface area contributed by atoms with E-state index in [-0.39, 0.29) is 40.9 Å². The monoisotopic (exact) mass is 425 g/mol. The molecule has 0 amide bonds. The van der Waals surface area contributed by atoms with Crippen molar-refractivity contribution in [2.45, 2.75) is 25.2 Å². The molecule has 9 nitrogen and oxygen atoms in total. The van der Waals surface area contributed by atoms with Gasteiger partial charge in [0.2, 0.25) is 5.75 Å². The van der Waals surface area contributed by atoms with Gasteiger partial charge in [0.15, 0.2) is 5.75 Å². The van der Waals surface area contributed by atoms with Crippen LogP contribution in [0.15, 0.2) is 46.4 Å². The zero-order valence-corrected chi connectivity index (χ0v) is 16.6. The summed E-state index contributed by atoms with van der Waals surface area (Å²) in [4.78, 5) is 12.6. The van der Waals surface area contributed by atoms with E-state index in [1.165, 1.54) is 12.1 Å². The molecule has 0 aliphatic rings. The van der Waals surface area contributed by atoms with Gasteiger partial charge in [-0.3, -0.25) is 10.1 Å². The zero-order valence-electron chi connectivity index (χ0n) is 15.8. The average molecular weight is 425 g/mol. The predicted molar refractivity (Wildman–Crippen MR) is 104 cm³/mol. The average Bonchev–Trinajstić information content (AvgIpc) is 2.67. The minimum Gasteiger partial charge on any atom is -0.490 e. The molecule has 0 saturated heterocycles. The summed E-state index contributed by atoms with van der Waals surface area (Å²) in [5, 5.41) is 15.1. The van der Waals surface area contributed by atoms with E-state index in [4.69, 9.17) is 9.47 Å². The molecule has 0 aliphatic heterocycles. The summed E-state index contributed by atoms with van der Waals surface area (Å²) >= 11 is 0. The molecule has 11 heteroatoms. The third-order valence-electron chi connectivity index (χ3n) is 3.52. The Labute approximate surface area is 167 Å². The van der Waals surface area contributed by atoms with Crippen LogP contribution in [0.5, 0.6) is 11.5 Å². The van der Waals surface area contributed by atoms with Gasteiger partial charge in [0.05, 0.1) is 29.2 Å². The van der Waals surface area contributed by atoms with Crippen LogP contribution in [-0.4, -0.2) is 32.8 Å². The molecule has 2 aromatic carbocycles. The molecule has 0 fully saturated rings. The number of sulfonamides is 1. The summed E-state index contributed by atoms with van der Waals surface area (Å²) in [7, 11) is -4.02. The summed E-state index contributed by atoms with van der Waals surface area (Å²) in [5.74, 6) is -0.422. The molecule has 0 bridgehead atoms. The molecule has 0 spiro atoms. The number of nitro groups is 1. The highest BCUT2D eigenvalue weighted by molar-refractivity contribution is 7.89. The Hall–Kier alpha value is -3.21. The Balaban J connectivity index is 2.31. The molecular formula is C18H20FN3O6S. The normalized spacial score (nSPS) is 11.4. The predicted octanol–water partition coefficient (Wildman–Crippen LogP) is 3.23. The van der Waals surface area contributed by atoms with Gasteiger partial charge in [-0.25, -0.2) is 9.22 Å². The first-order chi connectivity index (χ1) is 13.8. The zero-order chi connectivity index (χ0) is 21.4. The number of hydrogen-bond acceptors (Lipinski definition) is 7. The second-order valence-electron chi connectivity index (χ2n) is 5.71. The fourth-order valence-corrected chi connectivity index (χ4v) is 3.06. The number of nitro benzene ring substituents is 1. The van der Waals surface area contributed by atoms with E-state index in [1.807, 2.05) is 11.8 Å². The van der Waals surface area contributed by atoms with Crippen LogP contribution in [0, 0.1) is 15.9 Å². The van der Waals surface area contributed by atoms with E-state index >= 15 is 0 Å². The molecule has 156 valence electrons. The largest absolute Gasteiger partial charge is 0.490 e. The Morgan fingerprint density at radius 3 is 2.48 bits per heavy atom. The van der Waals surface area contributed by atoms with Crippen LogP contribution in [0.3, 0.4) is 0 Å². The van der Waals surface area contributed by atoms with E-state index in [1.54, 1.807) is 6.92 Å². The number of nitrogens with one attached hydrogen (secondary N) is 1. The Kier molecular flexibility index (Phi) is 7.48. The van der Waals surface area contributed by atoms with Gasteiger partial charge < -0.3 is 9.47 Å². The summed E-state index contributed by atoms with van der Waals surface area (Å²) in [5.41, 5.74) is -0.0990. The number of hydrazone groups is 1. The van der Waals surface area contributed by atoms with Crippen molar-refractivity contribution in [3.8, 4) is 11.5 Å². The van der Waals surface area contributed by atoms with Crippen LogP contribution in [-0.2, 0) is 10.0 Å². The highest BCUT2D eigenvalue weighted by Crippen LogP contribution is 2.38. The maximum absolute atomic E-state index is 12.9. The molecular weight excluding hydrogens is 405 g/mol. The van der Waals surface area contributed by atoms with E-state index in [2.05, 4.69) is 5.10 Å². The number of ether oxygens (including phenoxy) is 2. The number of halogens is 1. The van der Waals surface area contributed by atoms with E-state index < -0.39 is 20.8 Å². The molecule has 2 aromatic rings. The number of benzene rings is 2. The lowest BCUT2D eigenvalue weighted by Gasteiger charge is -2.12. The maximum atomic E-state index is 12.9. The third-order valence-corrected chi connectivity index (χ3v) is 4.75. The molecule has 0 heterocycles. The van der Waals surface area contributed by atoms with Crippen molar-refractivity contribution in [3.05, 3.63) is 57.9 Å². The van der Waals surface area contributed by atoms with Gasteiger partial charge in [-0.2, -0.15) is 13.5 Å². The van der Waals surface area contributed by atoms with Crippen LogP contribution in [0.2, 0.25) is 0 Å². The number of nitrogens with zero attached hydrogens (tertiary/aromatic N) is 2. The van der Waals surface area contributed by atoms with Gasteiger partial charge in [-0.1, -0.05) is 6.92 Å². The van der Waals surface area contributed by atoms with Crippen molar-refractivity contribution in [3.63, 3.8) is 0 Å². The number of rotatable bonds is 10. The lowest BCUT2D eigenvalue weighted by molar-refractivity contribution is -0.386. The second-order valence-corrected chi connectivity index (χ2v) is 7.37. The van der Waals surface area contributed by atoms with Gasteiger partial charge in [-0.15, -0.1) is 0 Å². The minimum atomic E-state index is -4.02. The van der Waals surface area contributed by atoms with Crippen molar-refractivity contribution in [1.29, 1.82) is 0 Å². The summed E-state index contributed by atoms with van der Waals surface area (Å²) in [6, 6.07) is 6.84. The van der Waals surface area contributed by atoms with Crippen molar-refractivity contribution in [2.75, 3.05) is 13.2 Å². The molecule has 0 saturated carbocycles. The Bertz CT molecular complexity index is 993. The van der Waals surface area contributed by atoms with Crippen LogP contribution < -0.4 is 14.3 Å². The maximum Gasteiger partial charge on any atom is 0.315 e. The molecule has 0 atom stereocenters. The van der Waals surface area contributed by atoms with Gasteiger partial charge in [0, 0.05) is 11.6 Å². The fraction of sp³-hybridized carbons (Fsp3) is 0.278. The summed E-state index contributed by atoms with van der Waals surface area (Å²) in [6.45, 7) is 4.09. The molecule has 29 heavy (non-hydrogen) atoms. The van der Waals surface area contributed by atoms with Crippen molar-refractivity contribution >= 4 is 21.9 Å². The van der Waals surface area contributed by atoms with Gasteiger partial charge in [-0.05, 0) is 43.7 Å². The van der Waals surface area contributed by atoms with Gasteiger partial charge in [0.1, 0.15) is 5.82 Å². The molecule has 0 radical (unpaired) electrons. The van der Waals surface area contributed by atoms with E-state index in [9.17, 15) is 22.9 Å². The first kappa shape index (κ1) is 22.1. The van der Waals surface area contributed by atoms with Crippen molar-refractivity contribution < 1.29 is 27.2 Å². The summed E-state index contributed by atoms with van der Waals surface area (Å²) in [6.07, 6.45) is 1.75. The fourth-order valence-electron chi connectivity index (χ4n) is 2.27. The Morgan fingerprint density at radius 2 is 1.90 bits per heavy atom. The third kappa shape index (κ3) is 5.88. The standard InChI is InChI=1S/C18H20FN3O6S/c1-3-9-28-18-16(22(23)24)10-13(11-17(18)27-4-2)12-20-21-29(25,26)15-7-5-14(19)6-8-15/h5-8,10-12,21H,3-4,9H2,1-2H3/b20-12+. The molecule has 2 rings (SSSR count). The van der Waals surface area contributed by atoms with Crippen molar-refractivity contribution in [1.82, 2.24) is 4.83 Å². The smallest absolute Gasteiger partial charge is 0.315 e. The molecule has 0 unspecified atom stereocenters. The van der Waals surface area contributed by atoms with Crippen LogP contribution in [0.25, 0.3) is 0 Å². The Morgan fingerprint density at radius 1 is 1.21 bits per heavy atom. The summed E-state index contributed by atoms with van der Waals surface area (Å²) < 4.78 is 48.1. The van der Waals surface area contributed by atoms with Gasteiger partial charge >= 0.3 is 5.69 Å². The highest BCUT2D eigenvalue weighted by atomic mass is 32.2.